The Balaban J connectivity index is 1.73. The highest BCUT2D eigenvalue weighted by molar-refractivity contribution is 5.78. The van der Waals surface area contributed by atoms with Crippen molar-refractivity contribution in [2.24, 2.45) is 33.5 Å². The molecule has 3 heteroatoms. The van der Waals surface area contributed by atoms with Crippen LogP contribution in [0.1, 0.15) is 79.1 Å². The maximum atomic E-state index is 13.0. The largest absolute Gasteiger partial charge is 0.465 e. The van der Waals surface area contributed by atoms with E-state index in [1.54, 1.807) is 0 Å². The number of hydrogen-bond acceptors (Lipinski definition) is 3. The molecule has 3 nitrogen and oxygen atoms in total. The van der Waals surface area contributed by atoms with Crippen molar-refractivity contribution in [2.75, 3.05) is 6.61 Å². The summed E-state index contributed by atoms with van der Waals surface area (Å²) in [4.78, 5) is 13.0. The average molecular weight is 361 g/mol. The third-order valence-corrected chi connectivity index (χ3v) is 9.50. The van der Waals surface area contributed by atoms with Gasteiger partial charge in [0, 0.05) is 0 Å². The predicted molar refractivity (Wildman–Crippen MR) is 102 cm³/mol. The van der Waals surface area contributed by atoms with E-state index in [1.807, 2.05) is 13.8 Å². The van der Waals surface area contributed by atoms with Gasteiger partial charge in [0.1, 0.15) is 0 Å². The van der Waals surface area contributed by atoms with Gasteiger partial charge in [-0.3, -0.25) is 4.79 Å². The van der Waals surface area contributed by atoms with E-state index in [9.17, 15) is 9.90 Å². The van der Waals surface area contributed by atoms with Crippen LogP contribution in [0.25, 0.3) is 0 Å². The number of allylic oxidation sites excluding steroid dienone is 1. The van der Waals surface area contributed by atoms with E-state index in [1.165, 1.54) is 37.7 Å². The average Bonchev–Trinajstić information content (AvgIpc) is 2.76. The fourth-order valence-electron chi connectivity index (χ4n) is 8.15. The summed E-state index contributed by atoms with van der Waals surface area (Å²) in [5, 5.41) is 10.9. The fourth-order valence-corrected chi connectivity index (χ4v) is 8.15. The molecule has 4 fully saturated rings. The summed E-state index contributed by atoms with van der Waals surface area (Å²) in [6, 6.07) is 0. The maximum Gasteiger partial charge on any atom is 0.314 e. The quantitative estimate of drug-likeness (QED) is 0.564. The Bertz CT molecular complexity index is 641. The van der Waals surface area contributed by atoms with Crippen molar-refractivity contribution in [1.82, 2.24) is 0 Å². The molecule has 4 aliphatic rings. The molecule has 0 aliphatic heterocycles. The van der Waals surface area contributed by atoms with Gasteiger partial charge in [-0.1, -0.05) is 26.0 Å². The van der Waals surface area contributed by atoms with Gasteiger partial charge in [0.05, 0.1) is 18.1 Å². The van der Waals surface area contributed by atoms with Gasteiger partial charge >= 0.3 is 5.97 Å². The highest BCUT2D eigenvalue weighted by Crippen LogP contribution is 2.74. The second-order valence-corrected chi connectivity index (χ2v) is 10.6. The number of rotatable bonds is 2. The second kappa shape index (κ2) is 5.59. The Labute approximate surface area is 158 Å². The lowest BCUT2D eigenvalue weighted by molar-refractivity contribution is -0.209. The molecule has 26 heavy (non-hydrogen) atoms. The van der Waals surface area contributed by atoms with Crippen LogP contribution in [0.15, 0.2) is 12.2 Å². The Morgan fingerprint density at radius 1 is 1.15 bits per heavy atom. The standard InChI is InChI=1S/C23H36O3/c1-6-26-19(25)22(5)16-8-12-23-13-15(2)20(3,14-23)10-7-17(23)21(16,4)11-9-18(22)24/h16-18,24H,2,6-14H2,1,3-5H3/t16-,17-,18+,20-,21+,22-,23-/m0/s1. The van der Waals surface area contributed by atoms with Gasteiger partial charge in [0.2, 0.25) is 0 Å². The molecule has 0 saturated heterocycles. The molecule has 0 aromatic carbocycles. The van der Waals surface area contributed by atoms with Crippen LogP contribution in [0.4, 0.5) is 0 Å². The normalized spacial score (nSPS) is 53.0. The van der Waals surface area contributed by atoms with Crippen LogP contribution in [-0.4, -0.2) is 23.8 Å². The molecule has 7 atom stereocenters. The fraction of sp³-hybridized carbons (Fsp3) is 0.870. The first kappa shape index (κ1) is 18.5. The SMILES string of the molecule is C=C1C[C@]23CC[C@H]4[C@@](C)(CC[C@@H](O)[C@@]4(C)C(=O)OCC)[C@@H]2CC[C@@]1(C)C3. The highest BCUT2D eigenvalue weighted by atomic mass is 16.5. The van der Waals surface area contributed by atoms with E-state index in [0.29, 0.717) is 29.8 Å². The molecule has 0 radical (unpaired) electrons. The van der Waals surface area contributed by atoms with Crippen molar-refractivity contribution in [3.05, 3.63) is 12.2 Å². The Hall–Kier alpha value is -0.830. The zero-order chi connectivity index (χ0) is 19.0. The molecule has 0 heterocycles. The molecule has 4 rings (SSSR count). The van der Waals surface area contributed by atoms with Crippen molar-refractivity contribution < 1.29 is 14.6 Å². The lowest BCUT2D eigenvalue weighted by Gasteiger charge is -2.64. The van der Waals surface area contributed by atoms with Crippen molar-refractivity contribution in [1.29, 1.82) is 0 Å². The minimum atomic E-state index is -0.763. The van der Waals surface area contributed by atoms with Crippen LogP contribution in [0.5, 0.6) is 0 Å². The van der Waals surface area contributed by atoms with Crippen LogP contribution >= 0.6 is 0 Å². The lowest BCUT2D eigenvalue weighted by atomic mass is 9.40. The molecule has 1 spiro atoms. The first-order chi connectivity index (χ1) is 12.1. The summed E-state index contributed by atoms with van der Waals surface area (Å²) in [6.07, 6.45) is 8.31. The first-order valence-electron chi connectivity index (χ1n) is 10.7. The van der Waals surface area contributed by atoms with Gasteiger partial charge in [0.25, 0.3) is 0 Å². The summed E-state index contributed by atoms with van der Waals surface area (Å²) in [5.74, 6) is 0.671. The number of aliphatic hydroxyl groups is 1. The topological polar surface area (TPSA) is 46.5 Å². The van der Waals surface area contributed by atoms with E-state index in [4.69, 9.17) is 4.74 Å². The smallest absolute Gasteiger partial charge is 0.314 e. The van der Waals surface area contributed by atoms with Gasteiger partial charge < -0.3 is 9.84 Å². The summed E-state index contributed by atoms with van der Waals surface area (Å²) < 4.78 is 5.46. The first-order valence-corrected chi connectivity index (χ1v) is 10.7. The van der Waals surface area contributed by atoms with E-state index >= 15 is 0 Å². The molecule has 2 bridgehead atoms. The Morgan fingerprint density at radius 3 is 2.54 bits per heavy atom. The van der Waals surface area contributed by atoms with Crippen molar-refractivity contribution in [3.8, 4) is 0 Å². The van der Waals surface area contributed by atoms with Gasteiger partial charge in [-0.2, -0.15) is 0 Å². The maximum absolute atomic E-state index is 13.0. The summed E-state index contributed by atoms with van der Waals surface area (Å²) in [6.45, 7) is 13.5. The van der Waals surface area contributed by atoms with Crippen LogP contribution in [0.3, 0.4) is 0 Å². The summed E-state index contributed by atoms with van der Waals surface area (Å²) >= 11 is 0. The number of fused-ring (bicyclic) bond motifs is 3. The molecule has 146 valence electrons. The third-order valence-electron chi connectivity index (χ3n) is 9.50. The number of carbonyl (C=O) groups excluding carboxylic acids is 1. The molecular formula is C23H36O3. The van der Waals surface area contributed by atoms with Crippen molar-refractivity contribution in [3.63, 3.8) is 0 Å². The number of hydrogen-bond donors (Lipinski definition) is 1. The molecule has 1 N–H and O–H groups in total. The summed E-state index contributed by atoms with van der Waals surface area (Å²) in [5.41, 5.74) is 1.53. The molecule has 4 saturated carbocycles. The zero-order valence-corrected chi connectivity index (χ0v) is 17.1. The minimum Gasteiger partial charge on any atom is -0.465 e. The van der Waals surface area contributed by atoms with Gasteiger partial charge in [0.15, 0.2) is 0 Å². The zero-order valence-electron chi connectivity index (χ0n) is 17.1. The number of esters is 1. The molecule has 0 aromatic rings. The van der Waals surface area contributed by atoms with E-state index in [2.05, 4.69) is 20.4 Å². The van der Waals surface area contributed by atoms with E-state index in [0.717, 1.165) is 12.8 Å². The number of ether oxygens (including phenoxy) is 1. The minimum absolute atomic E-state index is 0.116. The van der Waals surface area contributed by atoms with E-state index < -0.39 is 11.5 Å². The van der Waals surface area contributed by atoms with Crippen LogP contribution in [0, 0.1) is 33.5 Å². The Kier molecular flexibility index (Phi) is 3.99. The van der Waals surface area contributed by atoms with Gasteiger partial charge in [-0.05, 0) is 93.3 Å². The number of aliphatic hydroxyl groups excluding tert-OH is 1. The van der Waals surface area contributed by atoms with Gasteiger partial charge in [-0.25, -0.2) is 0 Å². The van der Waals surface area contributed by atoms with Crippen molar-refractivity contribution in [2.45, 2.75) is 85.2 Å². The molecule has 0 unspecified atom stereocenters. The highest BCUT2D eigenvalue weighted by Gasteiger charge is 2.68. The third kappa shape index (κ3) is 2.13. The molecule has 0 amide bonds. The van der Waals surface area contributed by atoms with Crippen LogP contribution < -0.4 is 0 Å². The molecule has 4 aliphatic carbocycles. The number of carbonyl (C=O) groups is 1. The second-order valence-electron chi connectivity index (χ2n) is 10.6. The summed E-state index contributed by atoms with van der Waals surface area (Å²) in [7, 11) is 0. The Morgan fingerprint density at radius 2 is 1.85 bits per heavy atom. The van der Waals surface area contributed by atoms with Gasteiger partial charge in [-0.15, -0.1) is 0 Å². The van der Waals surface area contributed by atoms with E-state index in [-0.39, 0.29) is 17.3 Å². The van der Waals surface area contributed by atoms with Crippen molar-refractivity contribution >= 4 is 5.97 Å². The predicted octanol–water partition coefficient (Wildman–Crippen LogP) is 4.88. The van der Waals surface area contributed by atoms with Crippen LogP contribution in [0.2, 0.25) is 0 Å². The monoisotopic (exact) mass is 360 g/mol. The molecule has 0 aromatic heterocycles. The molecular weight excluding hydrogens is 324 g/mol. The van der Waals surface area contributed by atoms with Crippen LogP contribution in [-0.2, 0) is 9.53 Å². The lowest BCUT2D eigenvalue weighted by Crippen LogP contribution is -2.62.